The van der Waals surface area contributed by atoms with E-state index in [-0.39, 0.29) is 11.9 Å². The molecule has 2 aromatic carbocycles. The number of carbonyl (C=O) groups excluding carboxylic acids is 1. The molecular weight excluding hydrogens is 348 g/mol. The monoisotopic (exact) mass is 368 g/mol. The minimum Gasteiger partial charge on any atom is -0.497 e. The molecule has 1 amide bonds. The van der Waals surface area contributed by atoms with E-state index in [2.05, 4.69) is 5.32 Å². The van der Waals surface area contributed by atoms with Crippen molar-refractivity contribution in [3.8, 4) is 5.75 Å². The molecule has 0 aliphatic carbocycles. The number of nitrogens with zero attached hydrogens (tertiary/aromatic N) is 1. The van der Waals surface area contributed by atoms with Crippen LogP contribution >= 0.6 is 11.6 Å². The molecule has 134 valence electrons. The quantitative estimate of drug-likeness (QED) is 0.669. The molecule has 0 radical (unpaired) electrons. The Balaban J connectivity index is 1.69. The lowest BCUT2D eigenvalue weighted by molar-refractivity contribution is -0.121. The van der Waals surface area contributed by atoms with Crippen molar-refractivity contribution in [3.05, 3.63) is 89.2 Å². The highest BCUT2D eigenvalue weighted by Crippen LogP contribution is 2.24. The average Bonchev–Trinajstić information content (AvgIpc) is 3.20. The van der Waals surface area contributed by atoms with Gasteiger partial charge in [-0.05, 0) is 47.5 Å². The molecule has 0 bridgehead atoms. The lowest BCUT2D eigenvalue weighted by Crippen LogP contribution is -2.26. The van der Waals surface area contributed by atoms with Gasteiger partial charge in [-0.1, -0.05) is 35.9 Å². The Labute approximate surface area is 158 Å². The fraction of sp³-hybridized carbons (Fsp3) is 0.190. The Morgan fingerprint density at radius 1 is 1.08 bits per heavy atom. The van der Waals surface area contributed by atoms with Crippen molar-refractivity contribution in [1.82, 2.24) is 9.88 Å². The molecule has 26 heavy (non-hydrogen) atoms. The van der Waals surface area contributed by atoms with Gasteiger partial charge in [0, 0.05) is 24.0 Å². The number of methoxy groups -OCH3 is 1. The van der Waals surface area contributed by atoms with Crippen LogP contribution in [-0.2, 0) is 11.3 Å². The number of hydrogen-bond acceptors (Lipinski definition) is 2. The second-order valence-corrected chi connectivity index (χ2v) is 6.46. The Hall–Kier alpha value is -2.72. The first-order chi connectivity index (χ1) is 12.7. The molecule has 0 saturated heterocycles. The number of halogens is 1. The molecule has 3 rings (SSSR count). The summed E-state index contributed by atoms with van der Waals surface area (Å²) in [6, 6.07) is 19.1. The molecule has 0 spiro atoms. The first-order valence-electron chi connectivity index (χ1n) is 8.43. The number of aromatic nitrogens is 1. The van der Waals surface area contributed by atoms with Crippen LogP contribution in [0.15, 0.2) is 73.1 Å². The maximum atomic E-state index is 12.5. The van der Waals surface area contributed by atoms with Gasteiger partial charge in [-0.2, -0.15) is 0 Å². The van der Waals surface area contributed by atoms with Crippen molar-refractivity contribution in [2.75, 3.05) is 7.11 Å². The Morgan fingerprint density at radius 2 is 1.73 bits per heavy atom. The number of hydrogen-bond donors (Lipinski definition) is 1. The summed E-state index contributed by atoms with van der Waals surface area (Å²) in [5.74, 6) is 0.793. The number of rotatable bonds is 7. The highest BCUT2D eigenvalue weighted by Gasteiger charge is 2.17. The standard InChI is InChI=1S/C21H21ClN2O2/c1-26-19-10-6-17(7-11-19)20(24-12-2-3-13-24)14-21(25)23-15-16-4-8-18(22)9-5-16/h2-13,20H,14-15H2,1H3,(H,23,25)/t20-/m1/s1. The average molecular weight is 369 g/mol. The maximum absolute atomic E-state index is 12.5. The second-order valence-electron chi connectivity index (χ2n) is 6.03. The van der Waals surface area contributed by atoms with E-state index in [4.69, 9.17) is 16.3 Å². The summed E-state index contributed by atoms with van der Waals surface area (Å²) in [4.78, 5) is 12.5. The summed E-state index contributed by atoms with van der Waals surface area (Å²) in [6.45, 7) is 0.483. The molecule has 1 atom stereocenters. The predicted molar refractivity (Wildman–Crippen MR) is 103 cm³/mol. The molecule has 0 fully saturated rings. The molecule has 0 saturated carbocycles. The number of carbonyl (C=O) groups is 1. The fourth-order valence-electron chi connectivity index (χ4n) is 2.83. The van der Waals surface area contributed by atoms with E-state index in [1.165, 1.54) is 0 Å². The van der Waals surface area contributed by atoms with Crippen LogP contribution in [0.3, 0.4) is 0 Å². The van der Waals surface area contributed by atoms with Gasteiger partial charge in [0.2, 0.25) is 5.91 Å². The normalized spacial score (nSPS) is 11.8. The van der Waals surface area contributed by atoms with Crippen LogP contribution in [0.1, 0.15) is 23.6 Å². The van der Waals surface area contributed by atoms with E-state index in [9.17, 15) is 4.79 Å². The van der Waals surface area contributed by atoms with Gasteiger partial charge in [-0.25, -0.2) is 0 Å². The number of amides is 1. The van der Waals surface area contributed by atoms with Crippen molar-refractivity contribution in [3.63, 3.8) is 0 Å². The summed E-state index contributed by atoms with van der Waals surface area (Å²) >= 11 is 5.89. The first-order valence-corrected chi connectivity index (χ1v) is 8.81. The zero-order chi connectivity index (χ0) is 18.4. The molecule has 1 N–H and O–H groups in total. The number of benzene rings is 2. The molecule has 3 aromatic rings. The van der Waals surface area contributed by atoms with E-state index in [0.29, 0.717) is 18.0 Å². The van der Waals surface area contributed by atoms with Crippen LogP contribution in [-0.4, -0.2) is 17.6 Å². The molecule has 0 unspecified atom stereocenters. The molecule has 0 aliphatic rings. The summed E-state index contributed by atoms with van der Waals surface area (Å²) in [5.41, 5.74) is 2.08. The van der Waals surface area contributed by atoms with Gasteiger partial charge in [0.25, 0.3) is 0 Å². The minimum atomic E-state index is -0.0684. The summed E-state index contributed by atoms with van der Waals surface area (Å²) < 4.78 is 7.27. The van der Waals surface area contributed by atoms with Crippen LogP contribution in [0.25, 0.3) is 0 Å². The van der Waals surface area contributed by atoms with Gasteiger partial charge < -0.3 is 14.6 Å². The van der Waals surface area contributed by atoms with E-state index in [0.717, 1.165) is 16.9 Å². The maximum Gasteiger partial charge on any atom is 0.222 e. The van der Waals surface area contributed by atoms with Crippen molar-refractivity contribution in [1.29, 1.82) is 0 Å². The van der Waals surface area contributed by atoms with Crippen molar-refractivity contribution in [2.24, 2.45) is 0 Å². The fourth-order valence-corrected chi connectivity index (χ4v) is 2.95. The van der Waals surface area contributed by atoms with Gasteiger partial charge in [0.1, 0.15) is 5.75 Å². The SMILES string of the molecule is COc1ccc([C@@H](CC(=O)NCc2ccc(Cl)cc2)n2cccc2)cc1. The third kappa shape index (κ3) is 4.67. The van der Waals surface area contributed by atoms with Gasteiger partial charge in [0.15, 0.2) is 0 Å². The molecule has 4 nitrogen and oxygen atoms in total. The van der Waals surface area contributed by atoms with Crippen molar-refractivity contribution < 1.29 is 9.53 Å². The highest BCUT2D eigenvalue weighted by molar-refractivity contribution is 6.30. The third-order valence-electron chi connectivity index (χ3n) is 4.27. The topological polar surface area (TPSA) is 43.3 Å². The van der Waals surface area contributed by atoms with Crippen LogP contribution in [0.2, 0.25) is 5.02 Å². The Kier molecular flexibility index (Phi) is 5.97. The second kappa shape index (κ2) is 8.59. The third-order valence-corrected chi connectivity index (χ3v) is 4.52. The number of ether oxygens (including phenoxy) is 1. The zero-order valence-corrected chi connectivity index (χ0v) is 15.3. The smallest absolute Gasteiger partial charge is 0.222 e. The van der Waals surface area contributed by atoms with Gasteiger partial charge in [-0.15, -0.1) is 0 Å². The van der Waals surface area contributed by atoms with Crippen LogP contribution < -0.4 is 10.1 Å². The first kappa shape index (κ1) is 18.1. The Morgan fingerprint density at radius 3 is 2.35 bits per heavy atom. The summed E-state index contributed by atoms with van der Waals surface area (Å²) in [5, 5.41) is 3.67. The van der Waals surface area contributed by atoms with Crippen LogP contribution in [0, 0.1) is 0 Å². The molecule has 1 aromatic heterocycles. The summed E-state index contributed by atoms with van der Waals surface area (Å²) in [7, 11) is 1.64. The van der Waals surface area contributed by atoms with E-state index in [1.54, 1.807) is 7.11 Å². The summed E-state index contributed by atoms with van der Waals surface area (Å²) in [6.07, 6.45) is 4.30. The van der Waals surface area contributed by atoms with Gasteiger partial charge in [-0.3, -0.25) is 4.79 Å². The minimum absolute atomic E-state index is 0.00512. The molecule has 0 aliphatic heterocycles. The van der Waals surface area contributed by atoms with E-state index >= 15 is 0 Å². The van der Waals surface area contributed by atoms with Crippen LogP contribution in [0.5, 0.6) is 5.75 Å². The van der Waals surface area contributed by atoms with E-state index < -0.39 is 0 Å². The van der Waals surface area contributed by atoms with Gasteiger partial charge in [0.05, 0.1) is 19.6 Å². The lowest BCUT2D eigenvalue weighted by atomic mass is 10.0. The highest BCUT2D eigenvalue weighted by atomic mass is 35.5. The lowest BCUT2D eigenvalue weighted by Gasteiger charge is -2.19. The van der Waals surface area contributed by atoms with Gasteiger partial charge >= 0.3 is 0 Å². The predicted octanol–water partition coefficient (Wildman–Crippen LogP) is 4.45. The Bertz CT molecular complexity index is 827. The molecular formula is C21H21ClN2O2. The van der Waals surface area contributed by atoms with E-state index in [1.807, 2.05) is 77.6 Å². The van der Waals surface area contributed by atoms with Crippen molar-refractivity contribution >= 4 is 17.5 Å². The molecule has 1 heterocycles. The van der Waals surface area contributed by atoms with Crippen molar-refractivity contribution in [2.45, 2.75) is 19.0 Å². The zero-order valence-electron chi connectivity index (χ0n) is 14.6. The molecule has 5 heteroatoms. The number of nitrogens with one attached hydrogen (secondary N) is 1. The van der Waals surface area contributed by atoms with Crippen LogP contribution in [0.4, 0.5) is 0 Å². The largest absolute Gasteiger partial charge is 0.497 e.